The van der Waals surface area contributed by atoms with Crippen molar-refractivity contribution in [2.45, 2.75) is 18.9 Å². The van der Waals surface area contributed by atoms with E-state index in [1.165, 1.54) is 0 Å². The van der Waals surface area contributed by atoms with Crippen molar-refractivity contribution in [1.82, 2.24) is 5.32 Å². The smallest absolute Gasteiger partial charge is 0.253 e. The molecule has 0 aromatic heterocycles. The fourth-order valence-corrected chi connectivity index (χ4v) is 2.40. The molecule has 0 saturated carbocycles. The largest absolute Gasteiger partial charge is 0.375 e. The summed E-state index contributed by atoms with van der Waals surface area (Å²) in [5.74, 6) is 0.0376. The predicted octanol–water partition coefficient (Wildman–Crippen LogP) is 1.84. The number of piperidine rings is 1. The molecule has 0 aliphatic carbocycles. The Bertz CT molecular complexity index is 380. The minimum atomic E-state index is 0. The van der Waals surface area contributed by atoms with Crippen molar-refractivity contribution in [3.05, 3.63) is 30.3 Å². The molecule has 1 aromatic carbocycles. The number of nitrogens with one attached hydrogen (secondary N) is 1. The lowest BCUT2D eigenvalue weighted by Gasteiger charge is -2.34. The van der Waals surface area contributed by atoms with Crippen molar-refractivity contribution in [3.63, 3.8) is 0 Å². The number of benzene rings is 1. The summed E-state index contributed by atoms with van der Waals surface area (Å²) in [7, 11) is 1.56. The highest BCUT2D eigenvalue weighted by Gasteiger charge is 2.26. The standard InChI is InChI=1S/C14H20N2O2.ClH/c1-18-11-14(17)16(12-5-3-2-4-6-12)13-7-9-15-10-8-13;/h2-6,13,15H,7-11H2,1H3;1H. The third-order valence-electron chi connectivity index (χ3n) is 3.24. The van der Waals surface area contributed by atoms with Crippen molar-refractivity contribution in [1.29, 1.82) is 0 Å². The first-order valence-electron chi connectivity index (χ1n) is 6.39. The molecule has 0 unspecified atom stereocenters. The lowest BCUT2D eigenvalue weighted by Crippen LogP contribution is -2.47. The van der Waals surface area contributed by atoms with Gasteiger partial charge < -0.3 is 15.0 Å². The molecule has 4 nitrogen and oxygen atoms in total. The van der Waals surface area contributed by atoms with E-state index in [-0.39, 0.29) is 31.0 Å². The normalized spacial score (nSPS) is 15.6. The summed E-state index contributed by atoms with van der Waals surface area (Å²) >= 11 is 0. The molecule has 1 aliphatic rings. The van der Waals surface area contributed by atoms with E-state index in [4.69, 9.17) is 4.74 Å². The second-order valence-corrected chi connectivity index (χ2v) is 4.51. The molecular formula is C14H21ClN2O2. The van der Waals surface area contributed by atoms with Gasteiger partial charge in [0.15, 0.2) is 0 Å². The zero-order valence-corrected chi connectivity index (χ0v) is 12.0. The minimum Gasteiger partial charge on any atom is -0.375 e. The summed E-state index contributed by atoms with van der Waals surface area (Å²) in [6.07, 6.45) is 1.98. The van der Waals surface area contributed by atoms with Crippen molar-refractivity contribution >= 4 is 24.0 Å². The average molecular weight is 285 g/mol. The monoisotopic (exact) mass is 284 g/mol. The van der Waals surface area contributed by atoms with Gasteiger partial charge in [0, 0.05) is 18.8 Å². The minimum absolute atomic E-state index is 0. The molecule has 1 saturated heterocycles. The number of para-hydroxylation sites is 1. The van der Waals surface area contributed by atoms with Crippen LogP contribution in [0.4, 0.5) is 5.69 Å². The number of carbonyl (C=O) groups excluding carboxylic acids is 1. The van der Waals surface area contributed by atoms with Crippen LogP contribution in [0.3, 0.4) is 0 Å². The van der Waals surface area contributed by atoms with Crippen LogP contribution in [0.2, 0.25) is 0 Å². The Morgan fingerprint density at radius 1 is 1.32 bits per heavy atom. The number of carbonyl (C=O) groups is 1. The van der Waals surface area contributed by atoms with Crippen LogP contribution in [0.1, 0.15) is 12.8 Å². The number of rotatable bonds is 4. The molecule has 1 aromatic rings. The second kappa shape index (κ2) is 8.15. The van der Waals surface area contributed by atoms with E-state index in [9.17, 15) is 4.79 Å². The van der Waals surface area contributed by atoms with E-state index in [1.807, 2.05) is 35.2 Å². The SMILES string of the molecule is COCC(=O)N(c1ccccc1)C1CCNCC1.Cl. The van der Waals surface area contributed by atoms with Gasteiger partial charge >= 0.3 is 0 Å². The lowest BCUT2D eigenvalue weighted by molar-refractivity contribution is -0.122. The van der Waals surface area contributed by atoms with Gasteiger partial charge in [0.25, 0.3) is 5.91 Å². The molecule has 2 rings (SSSR count). The van der Waals surface area contributed by atoms with E-state index in [0.29, 0.717) is 0 Å². The Hall–Kier alpha value is -1.10. The van der Waals surface area contributed by atoms with Gasteiger partial charge in [-0.3, -0.25) is 4.79 Å². The van der Waals surface area contributed by atoms with Crippen molar-refractivity contribution in [2.24, 2.45) is 0 Å². The van der Waals surface area contributed by atoms with Crippen LogP contribution in [0.5, 0.6) is 0 Å². The maximum atomic E-state index is 12.2. The molecule has 19 heavy (non-hydrogen) atoms. The van der Waals surface area contributed by atoms with Crippen LogP contribution in [0, 0.1) is 0 Å². The number of hydrogen-bond donors (Lipinski definition) is 1. The number of amides is 1. The molecule has 1 heterocycles. The molecule has 0 atom stereocenters. The highest BCUT2D eigenvalue weighted by molar-refractivity contribution is 5.94. The summed E-state index contributed by atoms with van der Waals surface area (Å²) in [5, 5.41) is 3.32. The molecule has 0 bridgehead atoms. The van der Waals surface area contributed by atoms with Gasteiger partial charge in [-0.05, 0) is 38.1 Å². The van der Waals surface area contributed by atoms with Crippen LogP contribution in [0.25, 0.3) is 0 Å². The molecule has 0 spiro atoms. The molecule has 0 radical (unpaired) electrons. The second-order valence-electron chi connectivity index (χ2n) is 4.51. The van der Waals surface area contributed by atoms with Gasteiger partial charge in [0.2, 0.25) is 0 Å². The molecule has 1 amide bonds. The van der Waals surface area contributed by atoms with E-state index in [0.717, 1.165) is 31.6 Å². The van der Waals surface area contributed by atoms with E-state index in [1.54, 1.807) is 7.11 Å². The first-order chi connectivity index (χ1) is 8.83. The molecule has 1 aliphatic heterocycles. The Morgan fingerprint density at radius 2 is 1.95 bits per heavy atom. The number of methoxy groups -OCH3 is 1. The topological polar surface area (TPSA) is 41.6 Å². The maximum absolute atomic E-state index is 12.2. The van der Waals surface area contributed by atoms with E-state index >= 15 is 0 Å². The predicted molar refractivity (Wildman–Crippen MR) is 78.9 cm³/mol. The fraction of sp³-hybridized carbons (Fsp3) is 0.500. The lowest BCUT2D eigenvalue weighted by atomic mass is 10.0. The maximum Gasteiger partial charge on any atom is 0.253 e. The number of hydrogen-bond acceptors (Lipinski definition) is 3. The van der Waals surface area contributed by atoms with Gasteiger partial charge in [-0.25, -0.2) is 0 Å². The zero-order valence-electron chi connectivity index (χ0n) is 11.2. The molecule has 5 heteroatoms. The van der Waals surface area contributed by atoms with Gasteiger partial charge in [0.1, 0.15) is 6.61 Å². The van der Waals surface area contributed by atoms with E-state index < -0.39 is 0 Å². The van der Waals surface area contributed by atoms with Crippen molar-refractivity contribution in [2.75, 3.05) is 31.7 Å². The summed E-state index contributed by atoms with van der Waals surface area (Å²) in [6, 6.07) is 10.1. The van der Waals surface area contributed by atoms with Gasteiger partial charge in [-0.2, -0.15) is 0 Å². The summed E-state index contributed by atoms with van der Waals surface area (Å²) in [6.45, 7) is 2.07. The number of halogens is 1. The Morgan fingerprint density at radius 3 is 2.53 bits per heavy atom. The summed E-state index contributed by atoms with van der Waals surface area (Å²) in [4.78, 5) is 14.1. The third kappa shape index (κ3) is 4.20. The van der Waals surface area contributed by atoms with Gasteiger partial charge in [-0.15, -0.1) is 12.4 Å². The van der Waals surface area contributed by atoms with Crippen LogP contribution in [-0.4, -0.2) is 38.8 Å². The highest BCUT2D eigenvalue weighted by atomic mass is 35.5. The Labute approximate surface area is 120 Å². The first-order valence-corrected chi connectivity index (χ1v) is 6.39. The van der Waals surface area contributed by atoms with Crippen LogP contribution in [-0.2, 0) is 9.53 Å². The quantitative estimate of drug-likeness (QED) is 0.917. The third-order valence-corrected chi connectivity index (χ3v) is 3.24. The molecular weight excluding hydrogens is 264 g/mol. The number of anilines is 1. The molecule has 1 N–H and O–H groups in total. The highest BCUT2D eigenvalue weighted by Crippen LogP contribution is 2.21. The Kier molecular flexibility index (Phi) is 6.84. The zero-order chi connectivity index (χ0) is 12.8. The van der Waals surface area contributed by atoms with Crippen LogP contribution in [0.15, 0.2) is 30.3 Å². The fourth-order valence-electron chi connectivity index (χ4n) is 2.40. The Balaban J connectivity index is 0.00000180. The van der Waals surface area contributed by atoms with Crippen molar-refractivity contribution < 1.29 is 9.53 Å². The summed E-state index contributed by atoms with van der Waals surface area (Å²) in [5.41, 5.74) is 0.964. The summed E-state index contributed by atoms with van der Waals surface area (Å²) < 4.78 is 4.99. The van der Waals surface area contributed by atoms with Crippen molar-refractivity contribution in [3.8, 4) is 0 Å². The first kappa shape index (κ1) is 16.0. The number of ether oxygens (including phenoxy) is 1. The van der Waals surface area contributed by atoms with Gasteiger partial charge in [-0.1, -0.05) is 18.2 Å². The van der Waals surface area contributed by atoms with E-state index in [2.05, 4.69) is 5.32 Å². The number of nitrogens with zero attached hydrogens (tertiary/aromatic N) is 1. The molecule has 106 valence electrons. The van der Waals surface area contributed by atoms with Crippen LogP contribution >= 0.6 is 12.4 Å². The van der Waals surface area contributed by atoms with Crippen LogP contribution < -0.4 is 10.2 Å². The molecule has 1 fully saturated rings. The average Bonchev–Trinajstić information content (AvgIpc) is 2.42. The van der Waals surface area contributed by atoms with Gasteiger partial charge in [0.05, 0.1) is 0 Å².